The summed E-state index contributed by atoms with van der Waals surface area (Å²) in [6, 6.07) is 14.5. The van der Waals surface area contributed by atoms with Crippen molar-refractivity contribution in [1.29, 1.82) is 0 Å². The third-order valence-corrected chi connectivity index (χ3v) is 5.06. The molecule has 2 rings (SSSR count). The number of carbonyl (C=O) groups excluding carboxylic acids is 1. The van der Waals surface area contributed by atoms with Crippen molar-refractivity contribution in [3.05, 3.63) is 59.7 Å². The van der Waals surface area contributed by atoms with Gasteiger partial charge < -0.3 is 10.1 Å². The van der Waals surface area contributed by atoms with E-state index in [0.717, 1.165) is 17.4 Å². The summed E-state index contributed by atoms with van der Waals surface area (Å²) in [5.74, 6) is 0.424. The molecule has 0 fully saturated rings. The minimum atomic E-state index is -3.48. The molecule has 0 atom stereocenters. The van der Waals surface area contributed by atoms with Gasteiger partial charge in [0.05, 0.1) is 32.0 Å². The first-order valence-electron chi connectivity index (χ1n) is 8.23. The third kappa shape index (κ3) is 5.77. The highest BCUT2D eigenvalue weighted by atomic mass is 32.2. The highest BCUT2D eigenvalue weighted by Crippen LogP contribution is 2.22. The summed E-state index contributed by atoms with van der Waals surface area (Å²) < 4.78 is 30.6. The van der Waals surface area contributed by atoms with E-state index in [1.807, 2.05) is 31.2 Å². The van der Waals surface area contributed by atoms with Crippen LogP contribution in [-0.4, -0.2) is 40.8 Å². The van der Waals surface area contributed by atoms with E-state index in [-0.39, 0.29) is 25.4 Å². The molecule has 140 valence electrons. The molecule has 2 aromatic carbocycles. The van der Waals surface area contributed by atoms with Crippen LogP contribution in [0.5, 0.6) is 5.75 Å². The molecule has 0 aliphatic rings. The highest BCUT2D eigenvalue weighted by Gasteiger charge is 2.18. The number of nitrogens with zero attached hydrogens (tertiary/aromatic N) is 1. The van der Waals surface area contributed by atoms with Gasteiger partial charge >= 0.3 is 0 Å². The molecule has 7 heteroatoms. The van der Waals surface area contributed by atoms with E-state index in [4.69, 9.17) is 4.74 Å². The maximum Gasteiger partial charge on any atom is 0.232 e. The van der Waals surface area contributed by atoms with Gasteiger partial charge in [-0.15, -0.1) is 0 Å². The van der Waals surface area contributed by atoms with Gasteiger partial charge in [-0.2, -0.15) is 0 Å². The van der Waals surface area contributed by atoms with Gasteiger partial charge in [0, 0.05) is 12.6 Å². The Balaban J connectivity index is 1.97. The molecule has 0 heterocycles. The molecule has 2 aromatic rings. The van der Waals surface area contributed by atoms with Gasteiger partial charge in [0.15, 0.2) is 0 Å². The maximum absolute atomic E-state index is 12.1. The molecular formula is C19H24N2O4S. The summed E-state index contributed by atoms with van der Waals surface area (Å²) in [6.07, 6.45) is 1.40. The van der Waals surface area contributed by atoms with E-state index < -0.39 is 10.0 Å². The van der Waals surface area contributed by atoms with Gasteiger partial charge in [0.25, 0.3) is 0 Å². The Bertz CT molecular complexity index is 848. The van der Waals surface area contributed by atoms with Crippen LogP contribution in [-0.2, 0) is 21.2 Å². The van der Waals surface area contributed by atoms with E-state index >= 15 is 0 Å². The molecule has 0 spiro atoms. The van der Waals surface area contributed by atoms with E-state index in [2.05, 4.69) is 5.32 Å². The maximum atomic E-state index is 12.1. The van der Waals surface area contributed by atoms with Crippen LogP contribution in [0.2, 0.25) is 0 Å². The Morgan fingerprint density at radius 3 is 2.46 bits per heavy atom. The van der Waals surface area contributed by atoms with Crippen LogP contribution in [0.1, 0.15) is 11.1 Å². The van der Waals surface area contributed by atoms with Crippen molar-refractivity contribution in [1.82, 2.24) is 5.32 Å². The van der Waals surface area contributed by atoms with Crippen molar-refractivity contribution in [2.24, 2.45) is 0 Å². The van der Waals surface area contributed by atoms with Crippen LogP contribution >= 0.6 is 0 Å². The lowest BCUT2D eigenvalue weighted by atomic mass is 10.1. The second kappa shape index (κ2) is 8.71. The van der Waals surface area contributed by atoms with Gasteiger partial charge in [-0.1, -0.05) is 35.9 Å². The van der Waals surface area contributed by atoms with Crippen molar-refractivity contribution < 1.29 is 17.9 Å². The van der Waals surface area contributed by atoms with Crippen molar-refractivity contribution in [2.75, 3.05) is 30.8 Å². The zero-order chi connectivity index (χ0) is 19.2. The second-order valence-corrected chi connectivity index (χ2v) is 7.96. The van der Waals surface area contributed by atoms with Gasteiger partial charge in [0.2, 0.25) is 15.9 Å². The van der Waals surface area contributed by atoms with E-state index in [0.29, 0.717) is 11.4 Å². The number of aryl methyl sites for hydroxylation is 1. The van der Waals surface area contributed by atoms with Crippen LogP contribution < -0.4 is 14.4 Å². The smallest absolute Gasteiger partial charge is 0.232 e. The minimum Gasteiger partial charge on any atom is -0.497 e. The van der Waals surface area contributed by atoms with Crippen LogP contribution in [0, 0.1) is 6.92 Å². The predicted octanol–water partition coefficient (Wildman–Crippen LogP) is 2.13. The van der Waals surface area contributed by atoms with Crippen LogP contribution in [0.3, 0.4) is 0 Å². The second-order valence-electron chi connectivity index (χ2n) is 6.05. The Morgan fingerprint density at radius 2 is 1.85 bits per heavy atom. The number of rotatable bonds is 8. The fraction of sp³-hybridized carbons (Fsp3) is 0.316. The van der Waals surface area contributed by atoms with Gasteiger partial charge in [0.1, 0.15) is 5.75 Å². The zero-order valence-electron chi connectivity index (χ0n) is 15.2. The van der Waals surface area contributed by atoms with Crippen LogP contribution in [0.4, 0.5) is 5.69 Å². The number of ether oxygens (including phenoxy) is 1. The third-order valence-electron chi connectivity index (χ3n) is 3.86. The average Bonchev–Trinajstić information content (AvgIpc) is 2.59. The van der Waals surface area contributed by atoms with E-state index in [1.165, 1.54) is 11.4 Å². The molecule has 1 N–H and O–H groups in total. The van der Waals surface area contributed by atoms with Crippen LogP contribution in [0.25, 0.3) is 0 Å². The fourth-order valence-electron chi connectivity index (χ4n) is 2.50. The minimum absolute atomic E-state index is 0.144. The van der Waals surface area contributed by atoms with Crippen LogP contribution in [0.15, 0.2) is 48.5 Å². The largest absolute Gasteiger partial charge is 0.497 e. The molecule has 0 saturated heterocycles. The number of amides is 1. The summed E-state index contributed by atoms with van der Waals surface area (Å²) in [5, 5.41) is 2.77. The zero-order valence-corrected chi connectivity index (χ0v) is 16.0. The van der Waals surface area contributed by atoms with Gasteiger partial charge in [-0.3, -0.25) is 9.10 Å². The lowest BCUT2D eigenvalue weighted by Crippen LogP contribution is -2.38. The number of hydrogen-bond acceptors (Lipinski definition) is 4. The predicted molar refractivity (Wildman–Crippen MR) is 103 cm³/mol. The number of hydrogen-bond donors (Lipinski definition) is 1. The monoisotopic (exact) mass is 376 g/mol. The summed E-state index contributed by atoms with van der Waals surface area (Å²) in [7, 11) is -1.96. The van der Waals surface area contributed by atoms with Gasteiger partial charge in [-0.05, 0) is 24.6 Å². The SMILES string of the molecule is COc1cccc(N(CCNC(=O)Cc2ccc(C)cc2)S(C)(=O)=O)c1. The highest BCUT2D eigenvalue weighted by molar-refractivity contribution is 7.92. The molecule has 0 saturated carbocycles. The van der Waals surface area contributed by atoms with Crippen molar-refractivity contribution in [2.45, 2.75) is 13.3 Å². The summed E-state index contributed by atoms with van der Waals surface area (Å²) >= 11 is 0. The molecule has 1 amide bonds. The van der Waals surface area contributed by atoms with Gasteiger partial charge in [-0.25, -0.2) is 8.42 Å². The molecule has 26 heavy (non-hydrogen) atoms. The summed E-state index contributed by atoms with van der Waals surface area (Å²) in [4.78, 5) is 12.1. The molecule has 0 bridgehead atoms. The first-order valence-corrected chi connectivity index (χ1v) is 10.1. The lowest BCUT2D eigenvalue weighted by Gasteiger charge is -2.23. The number of benzene rings is 2. The first kappa shape index (κ1) is 19.8. The molecular weight excluding hydrogens is 352 g/mol. The molecule has 0 aliphatic carbocycles. The van der Waals surface area contributed by atoms with Crippen molar-refractivity contribution >= 4 is 21.6 Å². The first-order chi connectivity index (χ1) is 12.3. The number of nitrogens with one attached hydrogen (secondary N) is 1. The fourth-order valence-corrected chi connectivity index (χ4v) is 3.42. The summed E-state index contributed by atoms with van der Waals surface area (Å²) in [5.41, 5.74) is 2.55. The number of anilines is 1. The number of methoxy groups -OCH3 is 1. The normalized spacial score (nSPS) is 11.0. The Hall–Kier alpha value is -2.54. The van der Waals surface area contributed by atoms with E-state index in [9.17, 15) is 13.2 Å². The molecule has 0 radical (unpaired) electrons. The molecule has 6 nitrogen and oxygen atoms in total. The Kier molecular flexibility index (Phi) is 6.63. The number of carbonyl (C=O) groups is 1. The lowest BCUT2D eigenvalue weighted by molar-refractivity contribution is -0.120. The van der Waals surface area contributed by atoms with Crippen molar-refractivity contribution in [3.8, 4) is 5.75 Å². The van der Waals surface area contributed by atoms with E-state index in [1.54, 1.807) is 24.3 Å². The topological polar surface area (TPSA) is 75.7 Å². The summed E-state index contributed by atoms with van der Waals surface area (Å²) in [6.45, 7) is 2.35. The Morgan fingerprint density at radius 1 is 1.15 bits per heavy atom. The molecule has 0 unspecified atom stereocenters. The Labute approximate surface area is 154 Å². The quantitative estimate of drug-likeness (QED) is 0.766. The van der Waals surface area contributed by atoms with Crippen molar-refractivity contribution in [3.63, 3.8) is 0 Å². The standard InChI is InChI=1S/C19H24N2O4S/c1-15-7-9-16(10-8-15)13-19(22)20-11-12-21(26(3,23)24)17-5-4-6-18(14-17)25-2/h4-10,14H,11-13H2,1-3H3,(H,20,22). The molecule has 0 aliphatic heterocycles. The molecule has 0 aromatic heterocycles. The number of sulfonamides is 1. The average molecular weight is 376 g/mol.